The van der Waals surface area contributed by atoms with E-state index in [0.29, 0.717) is 5.75 Å². The van der Waals surface area contributed by atoms with Crippen molar-refractivity contribution in [2.75, 3.05) is 6.54 Å². The third-order valence-electron chi connectivity index (χ3n) is 2.78. The highest BCUT2D eigenvalue weighted by molar-refractivity contribution is 5.31. The zero-order valence-electron chi connectivity index (χ0n) is 11.1. The van der Waals surface area contributed by atoms with Gasteiger partial charge < -0.3 is 10.1 Å². The number of benzene rings is 1. The van der Waals surface area contributed by atoms with Crippen molar-refractivity contribution in [3.05, 3.63) is 54.1 Å². The molecule has 4 heteroatoms. The van der Waals surface area contributed by atoms with Gasteiger partial charge in [0, 0.05) is 6.04 Å². The van der Waals surface area contributed by atoms with Crippen LogP contribution in [0.25, 0.3) is 0 Å². The number of halogens is 1. The summed E-state index contributed by atoms with van der Waals surface area (Å²) in [5, 5.41) is 3.28. The molecule has 0 fully saturated rings. The van der Waals surface area contributed by atoms with E-state index >= 15 is 0 Å². The Balaban J connectivity index is 2.09. The fraction of sp³-hybridized carbons (Fsp3) is 0.267. The van der Waals surface area contributed by atoms with Gasteiger partial charge in [-0.15, -0.1) is 0 Å². The fourth-order valence-corrected chi connectivity index (χ4v) is 1.77. The van der Waals surface area contributed by atoms with Gasteiger partial charge in [-0.3, -0.25) is 4.98 Å². The summed E-state index contributed by atoms with van der Waals surface area (Å²) in [5.41, 5.74) is 0.933. The smallest absolute Gasteiger partial charge is 0.165 e. The predicted molar refractivity (Wildman–Crippen MR) is 72.8 cm³/mol. The molecule has 2 rings (SSSR count). The fourth-order valence-electron chi connectivity index (χ4n) is 1.77. The molecule has 19 heavy (non-hydrogen) atoms. The maximum Gasteiger partial charge on any atom is 0.165 e. The number of rotatable bonds is 5. The largest absolute Gasteiger partial charge is 0.453 e. The number of pyridine rings is 1. The van der Waals surface area contributed by atoms with Crippen LogP contribution < -0.4 is 10.1 Å². The van der Waals surface area contributed by atoms with Crippen LogP contribution in [0.1, 0.15) is 25.6 Å². The van der Waals surface area contributed by atoms with Crippen LogP contribution in [0.2, 0.25) is 0 Å². The summed E-state index contributed by atoms with van der Waals surface area (Å²) in [6, 6.07) is 10.2. The Morgan fingerprint density at radius 1 is 1.26 bits per heavy atom. The standard InChI is InChI=1S/C15H17FN2O/c1-3-17-11(2)14-9-8-12(10-18-14)19-15-7-5-4-6-13(15)16/h4-11,17H,3H2,1-2H3. The van der Waals surface area contributed by atoms with Gasteiger partial charge in [0.1, 0.15) is 5.75 Å². The number of nitrogens with zero attached hydrogens (tertiary/aromatic N) is 1. The summed E-state index contributed by atoms with van der Waals surface area (Å²) >= 11 is 0. The first-order chi connectivity index (χ1) is 9.20. The van der Waals surface area contributed by atoms with Crippen LogP contribution in [-0.4, -0.2) is 11.5 Å². The molecular weight excluding hydrogens is 243 g/mol. The molecule has 1 unspecified atom stereocenters. The first-order valence-electron chi connectivity index (χ1n) is 6.32. The van der Waals surface area contributed by atoms with E-state index in [2.05, 4.69) is 10.3 Å². The van der Waals surface area contributed by atoms with Gasteiger partial charge in [-0.25, -0.2) is 4.39 Å². The topological polar surface area (TPSA) is 34.1 Å². The molecule has 0 saturated carbocycles. The highest BCUT2D eigenvalue weighted by Gasteiger charge is 2.07. The SMILES string of the molecule is CCNC(C)c1ccc(Oc2ccccc2F)cn1. The van der Waals surface area contributed by atoms with Gasteiger partial charge in [0.25, 0.3) is 0 Å². The first kappa shape index (κ1) is 13.5. The Hall–Kier alpha value is -1.94. The average molecular weight is 260 g/mol. The summed E-state index contributed by atoms with van der Waals surface area (Å²) in [6.45, 7) is 4.98. The Morgan fingerprint density at radius 2 is 2.05 bits per heavy atom. The van der Waals surface area contributed by atoms with E-state index in [1.807, 2.05) is 19.9 Å². The summed E-state index contributed by atoms with van der Waals surface area (Å²) in [6.07, 6.45) is 1.61. The molecule has 1 atom stereocenters. The zero-order chi connectivity index (χ0) is 13.7. The Morgan fingerprint density at radius 3 is 2.68 bits per heavy atom. The second-order valence-corrected chi connectivity index (χ2v) is 4.23. The summed E-state index contributed by atoms with van der Waals surface area (Å²) in [7, 11) is 0. The quantitative estimate of drug-likeness (QED) is 0.890. The number of aromatic nitrogens is 1. The molecule has 0 bridgehead atoms. The Labute approximate surface area is 112 Å². The predicted octanol–water partition coefficient (Wildman–Crippen LogP) is 3.68. The molecule has 100 valence electrons. The summed E-state index contributed by atoms with van der Waals surface area (Å²) < 4.78 is 18.9. The number of hydrogen-bond donors (Lipinski definition) is 1. The normalized spacial score (nSPS) is 12.2. The van der Waals surface area contributed by atoms with Crippen molar-refractivity contribution in [1.82, 2.24) is 10.3 Å². The molecule has 3 nitrogen and oxygen atoms in total. The van der Waals surface area contributed by atoms with Crippen molar-refractivity contribution in [2.24, 2.45) is 0 Å². The molecule has 0 aliphatic heterocycles. The van der Waals surface area contributed by atoms with Crippen LogP contribution >= 0.6 is 0 Å². The van der Waals surface area contributed by atoms with E-state index in [0.717, 1.165) is 12.2 Å². The number of hydrogen-bond acceptors (Lipinski definition) is 3. The van der Waals surface area contributed by atoms with Gasteiger partial charge in [0.15, 0.2) is 11.6 Å². The lowest BCUT2D eigenvalue weighted by Crippen LogP contribution is -2.18. The van der Waals surface area contributed by atoms with Crippen molar-refractivity contribution in [1.29, 1.82) is 0 Å². The van der Waals surface area contributed by atoms with E-state index in [1.165, 1.54) is 6.07 Å². The molecule has 0 amide bonds. The Bertz CT molecular complexity index is 528. The molecule has 1 N–H and O–H groups in total. The van der Waals surface area contributed by atoms with Gasteiger partial charge in [-0.1, -0.05) is 19.1 Å². The van der Waals surface area contributed by atoms with Crippen molar-refractivity contribution in [3.63, 3.8) is 0 Å². The van der Waals surface area contributed by atoms with E-state index in [4.69, 9.17) is 4.74 Å². The van der Waals surface area contributed by atoms with E-state index in [9.17, 15) is 4.39 Å². The highest BCUT2D eigenvalue weighted by Crippen LogP contribution is 2.24. The number of para-hydroxylation sites is 1. The molecule has 1 heterocycles. The molecule has 2 aromatic rings. The van der Waals surface area contributed by atoms with Crippen LogP contribution in [0.3, 0.4) is 0 Å². The van der Waals surface area contributed by atoms with Gasteiger partial charge in [0.05, 0.1) is 11.9 Å². The van der Waals surface area contributed by atoms with Crippen LogP contribution in [0.4, 0.5) is 4.39 Å². The minimum atomic E-state index is -0.382. The van der Waals surface area contributed by atoms with Gasteiger partial charge in [-0.05, 0) is 37.7 Å². The molecule has 1 aromatic heterocycles. The van der Waals surface area contributed by atoms with E-state index in [1.54, 1.807) is 30.5 Å². The average Bonchev–Trinajstić information content (AvgIpc) is 2.42. The van der Waals surface area contributed by atoms with Crippen LogP contribution in [0, 0.1) is 5.82 Å². The Kier molecular flexibility index (Phi) is 4.47. The molecule has 1 aromatic carbocycles. The second-order valence-electron chi connectivity index (χ2n) is 4.23. The molecule has 0 aliphatic carbocycles. The number of ether oxygens (including phenoxy) is 1. The van der Waals surface area contributed by atoms with E-state index in [-0.39, 0.29) is 17.6 Å². The van der Waals surface area contributed by atoms with E-state index < -0.39 is 0 Å². The zero-order valence-corrected chi connectivity index (χ0v) is 11.1. The second kappa shape index (κ2) is 6.29. The highest BCUT2D eigenvalue weighted by atomic mass is 19.1. The molecule has 0 saturated heterocycles. The molecule has 0 radical (unpaired) electrons. The maximum atomic E-state index is 13.4. The lowest BCUT2D eigenvalue weighted by atomic mass is 10.2. The molecular formula is C15H17FN2O. The van der Waals surface area contributed by atoms with Crippen molar-refractivity contribution < 1.29 is 9.13 Å². The van der Waals surface area contributed by atoms with Crippen LogP contribution in [-0.2, 0) is 0 Å². The maximum absolute atomic E-state index is 13.4. The monoisotopic (exact) mass is 260 g/mol. The lowest BCUT2D eigenvalue weighted by Gasteiger charge is -2.12. The minimum absolute atomic E-state index is 0.188. The third kappa shape index (κ3) is 3.51. The van der Waals surface area contributed by atoms with Crippen LogP contribution in [0.5, 0.6) is 11.5 Å². The summed E-state index contributed by atoms with van der Waals surface area (Å²) in [4.78, 5) is 4.31. The number of nitrogens with one attached hydrogen (secondary N) is 1. The van der Waals surface area contributed by atoms with Crippen molar-refractivity contribution >= 4 is 0 Å². The van der Waals surface area contributed by atoms with Crippen molar-refractivity contribution in [2.45, 2.75) is 19.9 Å². The minimum Gasteiger partial charge on any atom is -0.453 e. The molecule has 0 spiro atoms. The van der Waals surface area contributed by atoms with Gasteiger partial charge in [-0.2, -0.15) is 0 Å². The molecule has 0 aliphatic rings. The third-order valence-corrected chi connectivity index (χ3v) is 2.78. The summed E-state index contributed by atoms with van der Waals surface area (Å²) in [5.74, 6) is 0.349. The van der Waals surface area contributed by atoms with Gasteiger partial charge in [0.2, 0.25) is 0 Å². The van der Waals surface area contributed by atoms with Crippen LogP contribution in [0.15, 0.2) is 42.6 Å². The lowest BCUT2D eigenvalue weighted by molar-refractivity contribution is 0.439. The van der Waals surface area contributed by atoms with Gasteiger partial charge >= 0.3 is 0 Å². The van der Waals surface area contributed by atoms with Crippen molar-refractivity contribution in [3.8, 4) is 11.5 Å². The first-order valence-corrected chi connectivity index (χ1v) is 6.32.